The lowest BCUT2D eigenvalue weighted by Crippen LogP contribution is -1.99. The van der Waals surface area contributed by atoms with E-state index in [1.165, 1.54) is 16.6 Å². The van der Waals surface area contributed by atoms with Crippen LogP contribution in [0.25, 0.3) is 16.9 Å². The van der Waals surface area contributed by atoms with Gasteiger partial charge in [-0.3, -0.25) is 0 Å². The van der Waals surface area contributed by atoms with Crippen LogP contribution in [0, 0.1) is 5.82 Å². The summed E-state index contributed by atoms with van der Waals surface area (Å²) < 4.78 is 14.2. The first-order valence-electron chi connectivity index (χ1n) is 4.98. The summed E-state index contributed by atoms with van der Waals surface area (Å²) >= 11 is 0. The van der Waals surface area contributed by atoms with Crippen molar-refractivity contribution in [3.63, 3.8) is 0 Å². The van der Waals surface area contributed by atoms with Gasteiger partial charge in [0.05, 0.1) is 5.69 Å². The predicted molar refractivity (Wildman–Crippen MR) is 60.6 cm³/mol. The van der Waals surface area contributed by atoms with E-state index < -0.39 is 0 Å². The molecule has 0 amide bonds. The zero-order chi connectivity index (χ0) is 11.8. The molecule has 0 aliphatic rings. The summed E-state index contributed by atoms with van der Waals surface area (Å²) in [5, 5.41) is 11.8. The minimum atomic E-state index is -0.279. The smallest absolute Gasteiger partial charge is 0.243 e. The Balaban J connectivity index is 2.17. The topological polar surface area (TPSA) is 69.1 Å². The number of hydrogen-bond acceptors (Lipinski definition) is 4. The maximum absolute atomic E-state index is 12.8. The first-order chi connectivity index (χ1) is 8.24. The number of nitrogens with two attached hydrogens (primary N) is 1. The lowest BCUT2D eigenvalue weighted by atomic mass is 10.1. The molecule has 2 aromatic heterocycles. The number of anilines is 1. The van der Waals surface area contributed by atoms with E-state index in [1.807, 2.05) is 0 Å². The molecule has 0 saturated carbocycles. The van der Waals surface area contributed by atoms with Crippen LogP contribution in [0.5, 0.6) is 0 Å². The Morgan fingerprint density at radius 2 is 1.76 bits per heavy atom. The molecule has 2 heterocycles. The van der Waals surface area contributed by atoms with Gasteiger partial charge in [-0.1, -0.05) is 0 Å². The maximum atomic E-state index is 12.8. The van der Waals surface area contributed by atoms with Gasteiger partial charge in [0.1, 0.15) is 5.82 Å². The molecule has 6 heteroatoms. The third-order valence-corrected chi connectivity index (χ3v) is 2.43. The van der Waals surface area contributed by atoms with Crippen molar-refractivity contribution in [2.75, 3.05) is 5.73 Å². The Kier molecular flexibility index (Phi) is 2.01. The van der Waals surface area contributed by atoms with E-state index in [0.717, 1.165) is 5.56 Å². The van der Waals surface area contributed by atoms with Crippen LogP contribution in [0.2, 0.25) is 0 Å². The zero-order valence-electron chi connectivity index (χ0n) is 8.71. The molecule has 0 aliphatic heterocycles. The summed E-state index contributed by atoms with van der Waals surface area (Å²) in [6.07, 6.45) is 0. The number of benzene rings is 1. The van der Waals surface area contributed by atoms with E-state index >= 15 is 0 Å². The van der Waals surface area contributed by atoms with Crippen LogP contribution in [-0.2, 0) is 0 Å². The molecule has 0 saturated heterocycles. The van der Waals surface area contributed by atoms with Crippen LogP contribution in [0.4, 0.5) is 10.3 Å². The van der Waals surface area contributed by atoms with E-state index in [9.17, 15) is 4.39 Å². The average molecular weight is 229 g/mol. The van der Waals surface area contributed by atoms with Gasteiger partial charge >= 0.3 is 0 Å². The summed E-state index contributed by atoms with van der Waals surface area (Å²) in [6, 6.07) is 9.63. The molecule has 2 N–H and O–H groups in total. The quantitative estimate of drug-likeness (QED) is 0.686. The Morgan fingerprint density at radius 3 is 2.53 bits per heavy atom. The number of nitrogen functional groups attached to an aromatic ring is 1. The molecule has 0 atom stereocenters. The average Bonchev–Trinajstić information content (AvgIpc) is 2.72. The normalized spacial score (nSPS) is 10.9. The number of nitrogens with zero attached hydrogens (tertiary/aromatic N) is 4. The van der Waals surface area contributed by atoms with Crippen LogP contribution in [0.1, 0.15) is 0 Å². The third-order valence-electron chi connectivity index (χ3n) is 2.43. The standard InChI is InChI=1S/C11H8FN5/c12-8-3-1-7(2-4-8)9-5-6-10-14-15-11(13)17(10)16-9/h1-6H,(H2,13,15). The number of hydrogen-bond donors (Lipinski definition) is 1. The van der Waals surface area contributed by atoms with Crippen LogP contribution in [-0.4, -0.2) is 19.8 Å². The molecule has 0 spiro atoms. The van der Waals surface area contributed by atoms with Gasteiger partial charge in [0, 0.05) is 5.56 Å². The SMILES string of the molecule is Nc1nnc2ccc(-c3ccc(F)cc3)nn12. The van der Waals surface area contributed by atoms with Crippen molar-refractivity contribution < 1.29 is 4.39 Å². The monoisotopic (exact) mass is 229 g/mol. The molecule has 5 nitrogen and oxygen atoms in total. The number of rotatable bonds is 1. The number of aromatic nitrogens is 4. The Hall–Kier alpha value is -2.50. The lowest BCUT2D eigenvalue weighted by Gasteiger charge is -2.01. The van der Waals surface area contributed by atoms with Crippen LogP contribution < -0.4 is 5.73 Å². The van der Waals surface area contributed by atoms with Gasteiger partial charge in [-0.15, -0.1) is 10.2 Å². The van der Waals surface area contributed by atoms with Crippen molar-refractivity contribution in [2.45, 2.75) is 0 Å². The van der Waals surface area contributed by atoms with E-state index in [0.29, 0.717) is 11.3 Å². The molecule has 3 aromatic rings. The molecule has 0 aliphatic carbocycles. The first-order valence-corrected chi connectivity index (χ1v) is 4.98. The Morgan fingerprint density at radius 1 is 1.00 bits per heavy atom. The summed E-state index contributed by atoms with van der Waals surface area (Å²) in [5.74, 6) is -0.0531. The molecule has 17 heavy (non-hydrogen) atoms. The molecular weight excluding hydrogens is 221 g/mol. The van der Waals surface area contributed by atoms with E-state index in [1.54, 1.807) is 24.3 Å². The Bertz CT molecular complexity index is 674. The van der Waals surface area contributed by atoms with Crippen molar-refractivity contribution in [3.8, 4) is 11.3 Å². The molecule has 3 rings (SSSR count). The number of halogens is 1. The summed E-state index contributed by atoms with van der Waals surface area (Å²) in [4.78, 5) is 0. The Labute approximate surface area is 95.7 Å². The van der Waals surface area contributed by atoms with Gasteiger partial charge in [0.25, 0.3) is 0 Å². The minimum absolute atomic E-state index is 0.226. The summed E-state index contributed by atoms with van der Waals surface area (Å²) in [5.41, 5.74) is 7.68. The fourth-order valence-electron chi connectivity index (χ4n) is 1.58. The minimum Gasteiger partial charge on any atom is -0.366 e. The fourth-order valence-corrected chi connectivity index (χ4v) is 1.58. The van der Waals surface area contributed by atoms with E-state index in [2.05, 4.69) is 15.3 Å². The van der Waals surface area contributed by atoms with Crippen LogP contribution >= 0.6 is 0 Å². The summed E-state index contributed by atoms with van der Waals surface area (Å²) in [6.45, 7) is 0. The second-order valence-corrected chi connectivity index (χ2v) is 3.55. The lowest BCUT2D eigenvalue weighted by molar-refractivity contribution is 0.628. The second-order valence-electron chi connectivity index (χ2n) is 3.55. The van der Waals surface area contributed by atoms with Gasteiger partial charge in [-0.25, -0.2) is 4.39 Å². The maximum Gasteiger partial charge on any atom is 0.243 e. The van der Waals surface area contributed by atoms with E-state index in [4.69, 9.17) is 5.73 Å². The van der Waals surface area contributed by atoms with Gasteiger partial charge < -0.3 is 5.73 Å². The molecular formula is C11H8FN5. The van der Waals surface area contributed by atoms with E-state index in [-0.39, 0.29) is 11.8 Å². The highest BCUT2D eigenvalue weighted by Crippen LogP contribution is 2.17. The predicted octanol–water partition coefficient (Wildman–Crippen LogP) is 1.51. The highest BCUT2D eigenvalue weighted by molar-refractivity contribution is 5.60. The molecule has 1 aromatic carbocycles. The molecule has 0 radical (unpaired) electrons. The molecule has 84 valence electrons. The molecule has 0 unspecified atom stereocenters. The first kappa shape index (κ1) is 9.71. The van der Waals surface area contributed by atoms with Crippen LogP contribution in [0.3, 0.4) is 0 Å². The van der Waals surface area contributed by atoms with Crippen molar-refractivity contribution in [3.05, 3.63) is 42.2 Å². The van der Waals surface area contributed by atoms with Crippen molar-refractivity contribution in [1.29, 1.82) is 0 Å². The largest absolute Gasteiger partial charge is 0.366 e. The highest BCUT2D eigenvalue weighted by atomic mass is 19.1. The zero-order valence-corrected chi connectivity index (χ0v) is 8.71. The molecule has 0 fully saturated rings. The highest BCUT2D eigenvalue weighted by Gasteiger charge is 2.05. The van der Waals surface area contributed by atoms with Crippen LogP contribution in [0.15, 0.2) is 36.4 Å². The van der Waals surface area contributed by atoms with Gasteiger partial charge in [0.15, 0.2) is 5.65 Å². The number of fused-ring (bicyclic) bond motifs is 1. The fraction of sp³-hybridized carbons (Fsp3) is 0. The molecule has 0 bridgehead atoms. The second kappa shape index (κ2) is 3.51. The van der Waals surface area contributed by atoms with Crippen molar-refractivity contribution >= 4 is 11.6 Å². The van der Waals surface area contributed by atoms with Crippen molar-refractivity contribution in [1.82, 2.24) is 19.8 Å². The van der Waals surface area contributed by atoms with Gasteiger partial charge in [0.2, 0.25) is 5.95 Å². The third kappa shape index (κ3) is 1.59. The van der Waals surface area contributed by atoms with Gasteiger partial charge in [-0.2, -0.15) is 9.61 Å². The van der Waals surface area contributed by atoms with Crippen molar-refractivity contribution in [2.24, 2.45) is 0 Å². The summed E-state index contributed by atoms with van der Waals surface area (Å²) in [7, 11) is 0. The van der Waals surface area contributed by atoms with Gasteiger partial charge in [-0.05, 0) is 36.4 Å².